The lowest BCUT2D eigenvalue weighted by atomic mass is 10.1. The van der Waals surface area contributed by atoms with E-state index in [9.17, 15) is 4.79 Å². The zero-order chi connectivity index (χ0) is 17.6. The van der Waals surface area contributed by atoms with Crippen molar-refractivity contribution >= 4 is 40.3 Å². The van der Waals surface area contributed by atoms with Gasteiger partial charge in [0.05, 0.1) is 22.0 Å². The van der Waals surface area contributed by atoms with Crippen LogP contribution < -0.4 is 5.32 Å². The highest BCUT2D eigenvalue weighted by molar-refractivity contribution is 8.00. The number of H-pyrrole nitrogens is 1. The van der Waals surface area contributed by atoms with Crippen molar-refractivity contribution < 1.29 is 4.79 Å². The van der Waals surface area contributed by atoms with Crippen molar-refractivity contribution in [3.8, 4) is 0 Å². The molecule has 0 radical (unpaired) electrons. The average Bonchev–Trinajstić information content (AvgIpc) is 3.05. The first-order chi connectivity index (χ1) is 12.1. The maximum absolute atomic E-state index is 12.0. The van der Waals surface area contributed by atoms with Crippen LogP contribution in [-0.2, 0) is 11.2 Å². The molecule has 0 spiro atoms. The molecule has 25 heavy (non-hydrogen) atoms. The quantitative estimate of drug-likeness (QED) is 0.646. The van der Waals surface area contributed by atoms with E-state index >= 15 is 0 Å². The standard InChI is InChI=1S/C19H20ClN3OS/c1-13(19-22-16-4-2-3-5-17(16)23-19)25-12-18(24)21-11-10-14-6-8-15(20)9-7-14/h2-9,13H,10-12H2,1H3,(H,21,24)(H,22,23)/t13-/m0/s1. The highest BCUT2D eigenvalue weighted by Crippen LogP contribution is 2.27. The van der Waals surface area contributed by atoms with Crippen LogP contribution in [0.15, 0.2) is 48.5 Å². The number of para-hydroxylation sites is 2. The maximum atomic E-state index is 12.0. The van der Waals surface area contributed by atoms with E-state index in [-0.39, 0.29) is 11.2 Å². The number of imidazole rings is 1. The Hall–Kier alpha value is -1.98. The predicted octanol–water partition coefficient (Wildman–Crippen LogP) is 4.37. The molecule has 1 heterocycles. The number of aromatic amines is 1. The van der Waals surface area contributed by atoms with Crippen LogP contribution in [0.3, 0.4) is 0 Å². The number of nitrogens with one attached hydrogen (secondary N) is 2. The number of hydrogen-bond acceptors (Lipinski definition) is 3. The summed E-state index contributed by atoms with van der Waals surface area (Å²) >= 11 is 7.44. The lowest BCUT2D eigenvalue weighted by molar-refractivity contribution is -0.118. The Balaban J connectivity index is 1.42. The average molecular weight is 374 g/mol. The van der Waals surface area contributed by atoms with Gasteiger partial charge in [-0.3, -0.25) is 4.79 Å². The molecule has 2 aromatic carbocycles. The molecular formula is C19H20ClN3OS. The van der Waals surface area contributed by atoms with Gasteiger partial charge in [-0.25, -0.2) is 4.98 Å². The van der Waals surface area contributed by atoms with Crippen LogP contribution in [0.5, 0.6) is 0 Å². The molecular weight excluding hydrogens is 354 g/mol. The van der Waals surface area contributed by atoms with E-state index in [1.165, 1.54) is 0 Å². The molecule has 1 aromatic heterocycles. The number of rotatable bonds is 7. The lowest BCUT2D eigenvalue weighted by Crippen LogP contribution is -2.27. The van der Waals surface area contributed by atoms with Gasteiger partial charge in [0.2, 0.25) is 5.91 Å². The van der Waals surface area contributed by atoms with Gasteiger partial charge in [-0.1, -0.05) is 35.9 Å². The van der Waals surface area contributed by atoms with E-state index in [0.717, 1.165) is 33.9 Å². The Kier molecular flexibility index (Phi) is 6.00. The number of amides is 1. The number of fused-ring (bicyclic) bond motifs is 1. The summed E-state index contributed by atoms with van der Waals surface area (Å²) in [5.41, 5.74) is 3.14. The maximum Gasteiger partial charge on any atom is 0.230 e. The molecule has 0 fully saturated rings. The molecule has 3 rings (SSSR count). The molecule has 0 saturated carbocycles. The largest absolute Gasteiger partial charge is 0.355 e. The van der Waals surface area contributed by atoms with Crippen LogP contribution in [0.2, 0.25) is 5.02 Å². The molecule has 4 nitrogen and oxygen atoms in total. The minimum absolute atomic E-state index is 0.0434. The summed E-state index contributed by atoms with van der Waals surface area (Å²) in [6.45, 7) is 2.68. The van der Waals surface area contributed by atoms with Gasteiger partial charge in [0.1, 0.15) is 5.82 Å². The van der Waals surface area contributed by atoms with Crippen molar-refractivity contribution in [1.29, 1.82) is 0 Å². The number of nitrogens with zero attached hydrogens (tertiary/aromatic N) is 1. The summed E-state index contributed by atoms with van der Waals surface area (Å²) in [5.74, 6) is 1.36. The van der Waals surface area contributed by atoms with E-state index in [1.807, 2.05) is 48.5 Å². The topological polar surface area (TPSA) is 57.8 Å². The number of carbonyl (C=O) groups is 1. The first-order valence-electron chi connectivity index (χ1n) is 8.19. The second kappa shape index (κ2) is 8.41. The first-order valence-corrected chi connectivity index (χ1v) is 9.62. The second-order valence-corrected chi connectivity index (χ2v) is 7.58. The molecule has 2 N–H and O–H groups in total. The van der Waals surface area contributed by atoms with Crippen LogP contribution in [0.1, 0.15) is 23.6 Å². The van der Waals surface area contributed by atoms with Crippen LogP contribution in [0.25, 0.3) is 11.0 Å². The Labute approximate surface area is 156 Å². The Bertz CT molecular complexity index is 814. The molecule has 0 saturated heterocycles. The molecule has 0 aliphatic rings. The molecule has 130 valence electrons. The molecule has 1 atom stereocenters. The summed E-state index contributed by atoms with van der Waals surface area (Å²) in [4.78, 5) is 19.9. The fraction of sp³-hybridized carbons (Fsp3) is 0.263. The van der Waals surface area contributed by atoms with E-state index in [4.69, 9.17) is 11.6 Å². The number of benzene rings is 2. The predicted molar refractivity (Wildman–Crippen MR) is 105 cm³/mol. The molecule has 0 unspecified atom stereocenters. The third-order valence-electron chi connectivity index (χ3n) is 3.91. The molecule has 3 aromatic rings. The smallest absolute Gasteiger partial charge is 0.230 e. The van der Waals surface area contributed by atoms with Gasteiger partial charge in [-0.15, -0.1) is 11.8 Å². The van der Waals surface area contributed by atoms with Gasteiger partial charge in [0.15, 0.2) is 0 Å². The van der Waals surface area contributed by atoms with E-state index in [2.05, 4.69) is 22.2 Å². The fourth-order valence-corrected chi connectivity index (χ4v) is 3.39. The number of thioether (sulfide) groups is 1. The minimum atomic E-state index is 0.0434. The van der Waals surface area contributed by atoms with Gasteiger partial charge in [-0.05, 0) is 43.2 Å². The molecule has 0 aliphatic carbocycles. The normalized spacial score (nSPS) is 12.2. The second-order valence-electron chi connectivity index (χ2n) is 5.82. The Morgan fingerprint density at radius 1 is 1.24 bits per heavy atom. The number of carbonyl (C=O) groups excluding carboxylic acids is 1. The third kappa shape index (κ3) is 5.00. The molecule has 1 amide bonds. The van der Waals surface area contributed by atoms with Crippen molar-refractivity contribution in [2.24, 2.45) is 0 Å². The van der Waals surface area contributed by atoms with Crippen molar-refractivity contribution in [1.82, 2.24) is 15.3 Å². The number of hydrogen-bond donors (Lipinski definition) is 2. The van der Waals surface area contributed by atoms with Crippen LogP contribution >= 0.6 is 23.4 Å². The Morgan fingerprint density at radius 2 is 2.00 bits per heavy atom. The zero-order valence-electron chi connectivity index (χ0n) is 14.0. The molecule has 0 aliphatic heterocycles. The van der Waals surface area contributed by atoms with Crippen molar-refractivity contribution in [2.75, 3.05) is 12.3 Å². The van der Waals surface area contributed by atoms with E-state index in [0.29, 0.717) is 12.3 Å². The summed E-state index contributed by atoms with van der Waals surface area (Å²) < 4.78 is 0. The van der Waals surface area contributed by atoms with Gasteiger partial charge in [0.25, 0.3) is 0 Å². The van der Waals surface area contributed by atoms with Crippen LogP contribution in [0.4, 0.5) is 0 Å². The van der Waals surface area contributed by atoms with Gasteiger partial charge in [0, 0.05) is 11.6 Å². The van der Waals surface area contributed by atoms with Crippen molar-refractivity contribution in [3.05, 3.63) is 64.9 Å². The summed E-state index contributed by atoms with van der Waals surface area (Å²) in [6, 6.07) is 15.6. The zero-order valence-corrected chi connectivity index (χ0v) is 15.5. The van der Waals surface area contributed by atoms with Crippen LogP contribution in [-0.4, -0.2) is 28.2 Å². The summed E-state index contributed by atoms with van der Waals surface area (Å²) in [6.07, 6.45) is 0.798. The first kappa shape index (κ1) is 17.8. The highest BCUT2D eigenvalue weighted by atomic mass is 35.5. The number of halogens is 1. The SMILES string of the molecule is C[C@H](SCC(=O)NCCc1ccc(Cl)cc1)c1nc2ccccc2[nH]1. The number of aromatic nitrogens is 2. The minimum Gasteiger partial charge on any atom is -0.355 e. The highest BCUT2D eigenvalue weighted by Gasteiger charge is 2.13. The van der Waals surface area contributed by atoms with E-state index < -0.39 is 0 Å². The van der Waals surface area contributed by atoms with Crippen molar-refractivity contribution in [3.63, 3.8) is 0 Å². The van der Waals surface area contributed by atoms with Gasteiger partial charge in [-0.2, -0.15) is 0 Å². The van der Waals surface area contributed by atoms with Gasteiger partial charge < -0.3 is 10.3 Å². The van der Waals surface area contributed by atoms with Crippen molar-refractivity contribution in [2.45, 2.75) is 18.6 Å². The lowest BCUT2D eigenvalue weighted by Gasteiger charge is -2.09. The van der Waals surface area contributed by atoms with Crippen LogP contribution in [0, 0.1) is 0 Å². The fourth-order valence-electron chi connectivity index (χ4n) is 2.49. The molecule has 0 bridgehead atoms. The Morgan fingerprint density at radius 3 is 2.76 bits per heavy atom. The molecule has 6 heteroatoms. The summed E-state index contributed by atoms with van der Waals surface area (Å²) in [5, 5.41) is 3.82. The van der Waals surface area contributed by atoms with Gasteiger partial charge >= 0.3 is 0 Å². The van der Waals surface area contributed by atoms with E-state index in [1.54, 1.807) is 11.8 Å². The third-order valence-corrected chi connectivity index (χ3v) is 5.31. The summed E-state index contributed by atoms with van der Waals surface area (Å²) in [7, 11) is 0. The monoisotopic (exact) mass is 373 g/mol.